The fourth-order valence-corrected chi connectivity index (χ4v) is 3.43. The zero-order valence-corrected chi connectivity index (χ0v) is 17.3. The Morgan fingerprint density at radius 3 is 2.40 bits per heavy atom. The van der Waals surface area contributed by atoms with Crippen molar-refractivity contribution in [3.05, 3.63) is 89.4 Å². The highest BCUT2D eigenvalue weighted by Gasteiger charge is 2.23. The lowest BCUT2D eigenvalue weighted by Crippen LogP contribution is -2.26. The van der Waals surface area contributed by atoms with Crippen LogP contribution in [0.3, 0.4) is 0 Å². The largest absolute Gasteiger partial charge is 0.497 e. The molecule has 5 heteroatoms. The van der Waals surface area contributed by atoms with E-state index in [0.717, 1.165) is 56.0 Å². The highest BCUT2D eigenvalue weighted by Crippen LogP contribution is 2.20. The number of nitrogens with zero attached hydrogens (tertiary/aromatic N) is 1. The predicted octanol–water partition coefficient (Wildman–Crippen LogP) is 4.43. The molecule has 0 atom stereocenters. The van der Waals surface area contributed by atoms with Crippen LogP contribution < -0.4 is 10.1 Å². The first-order valence-electron chi connectivity index (χ1n) is 10.5. The summed E-state index contributed by atoms with van der Waals surface area (Å²) in [5, 5.41) is 3.04. The second-order valence-corrected chi connectivity index (χ2v) is 7.83. The number of ether oxygens (including phenoxy) is 1. The highest BCUT2D eigenvalue weighted by molar-refractivity contribution is 5.94. The average molecular weight is 405 g/mol. The molecule has 3 aromatic rings. The standard InChI is InChI=1S/C25H28N2O3/c1-29-23-12-6-19(7-13-23)14-15-27(18-24-3-2-16-30-24)17-20-4-8-21(9-5-20)25(28)26-22-10-11-22/h2-9,12-13,16,22H,10-11,14-15,17-18H2,1H3,(H,26,28). The smallest absolute Gasteiger partial charge is 0.251 e. The monoisotopic (exact) mass is 404 g/mol. The van der Waals surface area contributed by atoms with Gasteiger partial charge in [0.15, 0.2) is 0 Å². The van der Waals surface area contributed by atoms with Crippen molar-refractivity contribution in [1.82, 2.24) is 10.2 Å². The number of amides is 1. The average Bonchev–Trinajstić information content (AvgIpc) is 3.44. The summed E-state index contributed by atoms with van der Waals surface area (Å²) in [5.74, 6) is 1.85. The first-order valence-corrected chi connectivity index (χ1v) is 10.5. The quantitative estimate of drug-likeness (QED) is 0.543. The SMILES string of the molecule is COc1ccc(CCN(Cc2ccc(C(=O)NC3CC3)cc2)Cc2ccco2)cc1. The Morgan fingerprint density at radius 2 is 1.77 bits per heavy atom. The van der Waals surface area contributed by atoms with Crippen LogP contribution in [0, 0.1) is 0 Å². The first-order chi connectivity index (χ1) is 14.7. The minimum atomic E-state index is 0.0241. The van der Waals surface area contributed by atoms with Gasteiger partial charge in [0.05, 0.1) is 19.9 Å². The van der Waals surface area contributed by atoms with Gasteiger partial charge in [-0.25, -0.2) is 0 Å². The third-order valence-electron chi connectivity index (χ3n) is 5.37. The van der Waals surface area contributed by atoms with E-state index in [-0.39, 0.29) is 5.91 Å². The van der Waals surface area contributed by atoms with E-state index in [1.165, 1.54) is 11.1 Å². The zero-order valence-electron chi connectivity index (χ0n) is 17.3. The molecule has 0 aliphatic heterocycles. The van der Waals surface area contributed by atoms with Gasteiger partial charge in [-0.2, -0.15) is 0 Å². The number of hydrogen-bond donors (Lipinski definition) is 1. The maximum atomic E-state index is 12.2. The lowest BCUT2D eigenvalue weighted by atomic mass is 10.1. The van der Waals surface area contributed by atoms with E-state index in [0.29, 0.717) is 6.04 Å². The van der Waals surface area contributed by atoms with E-state index in [2.05, 4.69) is 22.3 Å². The van der Waals surface area contributed by atoms with Gasteiger partial charge in [-0.3, -0.25) is 9.69 Å². The molecule has 1 aliphatic carbocycles. The Kier molecular flexibility index (Phi) is 6.50. The Labute approximate surface area is 177 Å². The van der Waals surface area contributed by atoms with Crippen molar-refractivity contribution in [1.29, 1.82) is 0 Å². The van der Waals surface area contributed by atoms with Crippen molar-refractivity contribution >= 4 is 5.91 Å². The summed E-state index contributed by atoms with van der Waals surface area (Å²) in [6.45, 7) is 2.44. The molecule has 4 rings (SSSR count). The molecule has 1 heterocycles. The molecule has 1 fully saturated rings. The highest BCUT2D eigenvalue weighted by atomic mass is 16.5. The molecule has 2 aromatic carbocycles. The van der Waals surface area contributed by atoms with Crippen molar-refractivity contribution in [2.45, 2.75) is 38.4 Å². The van der Waals surface area contributed by atoms with E-state index < -0.39 is 0 Å². The van der Waals surface area contributed by atoms with Gasteiger partial charge in [0.25, 0.3) is 5.91 Å². The Morgan fingerprint density at radius 1 is 1.03 bits per heavy atom. The number of carbonyl (C=O) groups is 1. The number of rotatable bonds is 10. The van der Waals surface area contributed by atoms with Crippen LogP contribution >= 0.6 is 0 Å². The number of hydrogen-bond acceptors (Lipinski definition) is 4. The van der Waals surface area contributed by atoms with Crippen molar-refractivity contribution in [2.75, 3.05) is 13.7 Å². The summed E-state index contributed by atoms with van der Waals surface area (Å²) in [7, 11) is 1.68. The first kappa shape index (κ1) is 20.2. The van der Waals surface area contributed by atoms with Gasteiger partial charge >= 0.3 is 0 Å². The Bertz CT molecular complexity index is 930. The zero-order chi connectivity index (χ0) is 20.8. The third kappa shape index (κ3) is 5.74. The second kappa shape index (κ2) is 9.63. The van der Waals surface area contributed by atoms with Gasteiger partial charge in [0.1, 0.15) is 11.5 Å². The lowest BCUT2D eigenvalue weighted by Gasteiger charge is -2.21. The topological polar surface area (TPSA) is 54.7 Å². The second-order valence-electron chi connectivity index (χ2n) is 7.83. The lowest BCUT2D eigenvalue weighted by molar-refractivity contribution is 0.0951. The molecule has 0 unspecified atom stereocenters. The molecule has 1 N–H and O–H groups in total. The molecular weight excluding hydrogens is 376 g/mol. The number of carbonyl (C=O) groups excluding carboxylic acids is 1. The summed E-state index contributed by atoms with van der Waals surface area (Å²) >= 11 is 0. The van der Waals surface area contributed by atoms with Gasteiger partial charge in [-0.15, -0.1) is 0 Å². The molecule has 0 spiro atoms. The van der Waals surface area contributed by atoms with Crippen LogP contribution in [0.5, 0.6) is 5.75 Å². The van der Waals surface area contributed by atoms with E-state index in [9.17, 15) is 4.79 Å². The van der Waals surface area contributed by atoms with E-state index in [1.807, 2.05) is 48.5 Å². The van der Waals surface area contributed by atoms with E-state index in [1.54, 1.807) is 13.4 Å². The summed E-state index contributed by atoms with van der Waals surface area (Å²) < 4.78 is 10.8. The number of methoxy groups -OCH3 is 1. The van der Waals surface area contributed by atoms with Crippen LogP contribution in [-0.4, -0.2) is 30.5 Å². The van der Waals surface area contributed by atoms with Crippen LogP contribution in [0.2, 0.25) is 0 Å². The van der Waals surface area contributed by atoms with Crippen molar-refractivity contribution in [3.63, 3.8) is 0 Å². The van der Waals surface area contributed by atoms with Gasteiger partial charge < -0.3 is 14.5 Å². The maximum absolute atomic E-state index is 12.2. The van der Waals surface area contributed by atoms with E-state index >= 15 is 0 Å². The molecule has 0 radical (unpaired) electrons. The summed E-state index contributed by atoms with van der Waals surface area (Å²) in [6, 6.07) is 20.4. The fourth-order valence-electron chi connectivity index (χ4n) is 3.43. The molecule has 1 aromatic heterocycles. The van der Waals surface area contributed by atoms with E-state index in [4.69, 9.17) is 9.15 Å². The van der Waals surface area contributed by atoms with Gasteiger partial charge in [0, 0.05) is 24.7 Å². The molecular formula is C25H28N2O3. The van der Waals surface area contributed by atoms with Crippen molar-refractivity contribution in [3.8, 4) is 5.75 Å². The summed E-state index contributed by atoms with van der Waals surface area (Å²) in [4.78, 5) is 14.6. The maximum Gasteiger partial charge on any atom is 0.251 e. The molecule has 156 valence electrons. The Hall–Kier alpha value is -3.05. The van der Waals surface area contributed by atoms with Crippen LogP contribution in [0.4, 0.5) is 0 Å². The Balaban J connectivity index is 1.39. The number of benzene rings is 2. The van der Waals surface area contributed by atoms with Gasteiger partial charge in [-0.1, -0.05) is 24.3 Å². The summed E-state index contributed by atoms with van der Waals surface area (Å²) in [5.41, 5.74) is 3.17. The molecule has 5 nitrogen and oxygen atoms in total. The van der Waals surface area contributed by atoms with Crippen molar-refractivity contribution < 1.29 is 13.9 Å². The molecule has 1 saturated carbocycles. The minimum absolute atomic E-state index is 0.0241. The molecule has 1 amide bonds. The number of furan rings is 1. The molecule has 30 heavy (non-hydrogen) atoms. The van der Waals surface area contributed by atoms with Gasteiger partial charge in [0.2, 0.25) is 0 Å². The van der Waals surface area contributed by atoms with Crippen molar-refractivity contribution in [2.24, 2.45) is 0 Å². The number of nitrogens with one attached hydrogen (secondary N) is 1. The fraction of sp³-hybridized carbons (Fsp3) is 0.320. The van der Waals surface area contributed by atoms with Gasteiger partial charge in [-0.05, 0) is 66.8 Å². The molecule has 1 aliphatic rings. The third-order valence-corrected chi connectivity index (χ3v) is 5.37. The van der Waals surface area contributed by atoms with Crippen LogP contribution in [-0.2, 0) is 19.5 Å². The molecule has 0 bridgehead atoms. The minimum Gasteiger partial charge on any atom is -0.497 e. The normalized spacial score (nSPS) is 13.4. The van der Waals surface area contributed by atoms with Crippen LogP contribution in [0.25, 0.3) is 0 Å². The van der Waals surface area contributed by atoms with Crippen LogP contribution in [0.1, 0.15) is 40.1 Å². The molecule has 0 saturated heterocycles. The predicted molar refractivity (Wildman–Crippen MR) is 116 cm³/mol. The van der Waals surface area contributed by atoms with Crippen LogP contribution in [0.15, 0.2) is 71.3 Å². The summed E-state index contributed by atoms with van der Waals surface area (Å²) in [6.07, 6.45) is 4.84.